The largest absolute Gasteiger partial charge is 0.458 e. The van der Waals surface area contributed by atoms with Gasteiger partial charge in [0.05, 0.1) is 24.0 Å². The fourth-order valence-electron chi connectivity index (χ4n) is 2.34. The second kappa shape index (κ2) is 7.59. The summed E-state index contributed by atoms with van der Waals surface area (Å²) in [5, 5.41) is 0.483. The van der Waals surface area contributed by atoms with Crippen LogP contribution in [0.4, 0.5) is 0 Å². The van der Waals surface area contributed by atoms with Gasteiger partial charge in [0.15, 0.2) is 0 Å². The number of hydrogen-bond acceptors (Lipinski definition) is 4. The second-order valence-electron chi connectivity index (χ2n) is 5.62. The molecule has 0 aliphatic carbocycles. The number of halogens is 1. The molecular weight excluding hydrogens is 290 g/mol. The van der Waals surface area contributed by atoms with Crippen molar-refractivity contribution in [1.29, 1.82) is 0 Å². The summed E-state index contributed by atoms with van der Waals surface area (Å²) in [7, 11) is 0. The van der Waals surface area contributed by atoms with E-state index in [0.29, 0.717) is 29.9 Å². The number of likely N-dealkylation sites (tertiary alicyclic amines) is 1. The van der Waals surface area contributed by atoms with Crippen LogP contribution < -0.4 is 4.74 Å². The third-order valence-corrected chi connectivity index (χ3v) is 4.01. The van der Waals surface area contributed by atoms with Gasteiger partial charge in [0.2, 0.25) is 5.91 Å². The highest BCUT2D eigenvalue weighted by atomic mass is 35.5. The molecule has 0 N–H and O–H groups in total. The summed E-state index contributed by atoms with van der Waals surface area (Å²) in [5.41, 5.74) is 0. The Morgan fingerprint density at radius 1 is 1.52 bits per heavy atom. The fraction of sp³-hybridized carbons (Fsp3) is 0.667. The molecule has 6 heteroatoms. The van der Waals surface area contributed by atoms with Gasteiger partial charge in [-0.3, -0.25) is 4.79 Å². The maximum absolute atomic E-state index is 12.2. The van der Waals surface area contributed by atoms with Gasteiger partial charge in [0.1, 0.15) is 6.10 Å². The van der Waals surface area contributed by atoms with Gasteiger partial charge in [-0.2, -0.15) is 0 Å². The minimum Gasteiger partial charge on any atom is -0.458 e. The SMILES string of the molecule is CCC(C)CC(=O)N1CCCC(Oc2ncc(Cl)cn2)C1. The third-order valence-electron chi connectivity index (χ3n) is 3.82. The van der Waals surface area contributed by atoms with Crippen molar-refractivity contribution in [3.8, 4) is 6.01 Å². The highest BCUT2D eigenvalue weighted by molar-refractivity contribution is 6.30. The Bertz CT molecular complexity index is 466. The average Bonchev–Trinajstić information content (AvgIpc) is 2.49. The topological polar surface area (TPSA) is 55.3 Å². The predicted molar refractivity (Wildman–Crippen MR) is 81.3 cm³/mol. The molecule has 0 spiro atoms. The van der Waals surface area contributed by atoms with E-state index in [1.54, 1.807) is 0 Å². The molecule has 2 atom stereocenters. The van der Waals surface area contributed by atoms with Crippen molar-refractivity contribution in [2.45, 2.75) is 45.6 Å². The molecule has 1 aromatic heterocycles. The van der Waals surface area contributed by atoms with Crippen LogP contribution in [0, 0.1) is 5.92 Å². The summed E-state index contributed by atoms with van der Waals surface area (Å²) >= 11 is 5.75. The molecule has 2 unspecified atom stereocenters. The first kappa shape index (κ1) is 16.0. The number of piperidine rings is 1. The Morgan fingerprint density at radius 3 is 2.90 bits per heavy atom. The van der Waals surface area contributed by atoms with E-state index in [4.69, 9.17) is 16.3 Å². The van der Waals surface area contributed by atoms with Gasteiger partial charge in [0, 0.05) is 13.0 Å². The van der Waals surface area contributed by atoms with Gasteiger partial charge in [-0.25, -0.2) is 9.97 Å². The number of aromatic nitrogens is 2. The first-order valence-corrected chi connectivity index (χ1v) is 7.88. The molecule has 1 aromatic rings. The van der Waals surface area contributed by atoms with Crippen LogP contribution in [0.1, 0.15) is 39.5 Å². The van der Waals surface area contributed by atoms with Crippen molar-refractivity contribution >= 4 is 17.5 Å². The summed E-state index contributed by atoms with van der Waals surface area (Å²) in [4.78, 5) is 22.2. The summed E-state index contributed by atoms with van der Waals surface area (Å²) in [6, 6.07) is 0.320. The highest BCUT2D eigenvalue weighted by Gasteiger charge is 2.26. The van der Waals surface area contributed by atoms with Crippen molar-refractivity contribution in [3.05, 3.63) is 17.4 Å². The molecule has 2 heterocycles. The third kappa shape index (κ3) is 4.84. The van der Waals surface area contributed by atoms with E-state index in [1.165, 1.54) is 12.4 Å². The highest BCUT2D eigenvalue weighted by Crippen LogP contribution is 2.18. The number of hydrogen-bond donors (Lipinski definition) is 0. The zero-order valence-corrected chi connectivity index (χ0v) is 13.3. The van der Waals surface area contributed by atoms with E-state index in [0.717, 1.165) is 25.8 Å². The molecule has 2 rings (SSSR count). The lowest BCUT2D eigenvalue weighted by atomic mass is 10.0. The first-order valence-electron chi connectivity index (χ1n) is 7.50. The first-order chi connectivity index (χ1) is 10.1. The van der Waals surface area contributed by atoms with Crippen LogP contribution in [0.3, 0.4) is 0 Å². The number of ether oxygens (including phenoxy) is 1. The normalized spacial score (nSPS) is 20.1. The summed E-state index contributed by atoms with van der Waals surface area (Å²) in [6.07, 6.45) is 6.49. The Morgan fingerprint density at radius 2 is 2.24 bits per heavy atom. The van der Waals surface area contributed by atoms with E-state index in [9.17, 15) is 4.79 Å². The van der Waals surface area contributed by atoms with E-state index in [2.05, 4.69) is 23.8 Å². The lowest BCUT2D eigenvalue weighted by Gasteiger charge is -2.33. The predicted octanol–water partition coefficient (Wildman–Crippen LogP) is 2.94. The number of amides is 1. The van der Waals surface area contributed by atoms with Crippen LogP contribution in [0.5, 0.6) is 6.01 Å². The van der Waals surface area contributed by atoms with Crippen LogP contribution in [0.2, 0.25) is 5.02 Å². The number of carbonyl (C=O) groups is 1. The van der Waals surface area contributed by atoms with E-state index >= 15 is 0 Å². The summed E-state index contributed by atoms with van der Waals surface area (Å²) < 4.78 is 5.75. The van der Waals surface area contributed by atoms with E-state index in [1.807, 2.05) is 4.90 Å². The number of nitrogens with zero attached hydrogens (tertiary/aromatic N) is 3. The second-order valence-corrected chi connectivity index (χ2v) is 6.06. The Labute approximate surface area is 130 Å². The molecule has 0 aromatic carbocycles. The van der Waals surface area contributed by atoms with Gasteiger partial charge in [-0.1, -0.05) is 31.9 Å². The molecule has 1 saturated heterocycles. The standard InChI is InChI=1S/C15H22ClN3O2/c1-3-11(2)7-14(20)19-6-4-5-13(10-19)21-15-17-8-12(16)9-18-15/h8-9,11,13H,3-7,10H2,1-2H3. The molecule has 21 heavy (non-hydrogen) atoms. The quantitative estimate of drug-likeness (QED) is 0.839. The Hall–Kier alpha value is -1.36. The van der Waals surface area contributed by atoms with Crippen molar-refractivity contribution in [2.75, 3.05) is 13.1 Å². The molecule has 116 valence electrons. The fourth-order valence-corrected chi connectivity index (χ4v) is 2.44. The van der Waals surface area contributed by atoms with E-state index < -0.39 is 0 Å². The van der Waals surface area contributed by atoms with Gasteiger partial charge in [-0.05, 0) is 18.8 Å². The minimum absolute atomic E-state index is 0.0409. The molecule has 0 saturated carbocycles. The lowest BCUT2D eigenvalue weighted by Crippen LogP contribution is -2.44. The molecule has 0 bridgehead atoms. The zero-order chi connectivity index (χ0) is 15.2. The van der Waals surface area contributed by atoms with Gasteiger partial charge < -0.3 is 9.64 Å². The van der Waals surface area contributed by atoms with Crippen molar-refractivity contribution in [3.63, 3.8) is 0 Å². The Kier molecular flexibility index (Phi) is 5.79. The monoisotopic (exact) mass is 311 g/mol. The van der Waals surface area contributed by atoms with Crippen LogP contribution in [-0.4, -0.2) is 40.0 Å². The summed E-state index contributed by atoms with van der Waals surface area (Å²) in [6.45, 7) is 5.65. The molecule has 0 radical (unpaired) electrons. The maximum atomic E-state index is 12.2. The van der Waals surface area contributed by atoms with Crippen LogP contribution in [0.15, 0.2) is 12.4 Å². The maximum Gasteiger partial charge on any atom is 0.316 e. The van der Waals surface area contributed by atoms with Crippen LogP contribution in [0.25, 0.3) is 0 Å². The Balaban J connectivity index is 1.88. The molecule has 1 fully saturated rings. The van der Waals surface area contributed by atoms with Crippen molar-refractivity contribution in [2.24, 2.45) is 5.92 Å². The van der Waals surface area contributed by atoms with Crippen molar-refractivity contribution in [1.82, 2.24) is 14.9 Å². The summed E-state index contributed by atoms with van der Waals surface area (Å²) in [5.74, 6) is 0.646. The number of carbonyl (C=O) groups excluding carboxylic acids is 1. The van der Waals surface area contributed by atoms with Gasteiger partial charge in [-0.15, -0.1) is 0 Å². The van der Waals surface area contributed by atoms with Crippen LogP contribution >= 0.6 is 11.6 Å². The van der Waals surface area contributed by atoms with E-state index in [-0.39, 0.29) is 12.0 Å². The number of rotatable bonds is 5. The van der Waals surface area contributed by atoms with Gasteiger partial charge >= 0.3 is 6.01 Å². The molecule has 1 aliphatic rings. The molecule has 1 amide bonds. The molecular formula is C15H22ClN3O2. The average molecular weight is 312 g/mol. The molecule has 5 nitrogen and oxygen atoms in total. The zero-order valence-electron chi connectivity index (χ0n) is 12.6. The lowest BCUT2D eigenvalue weighted by molar-refractivity contribution is -0.134. The minimum atomic E-state index is -0.0409. The van der Waals surface area contributed by atoms with Crippen molar-refractivity contribution < 1.29 is 9.53 Å². The smallest absolute Gasteiger partial charge is 0.316 e. The van der Waals surface area contributed by atoms with Gasteiger partial charge in [0.25, 0.3) is 0 Å². The molecule has 1 aliphatic heterocycles. The van der Waals surface area contributed by atoms with Crippen LogP contribution in [-0.2, 0) is 4.79 Å².